The molecule has 1 aromatic carbocycles. The van der Waals surface area contributed by atoms with Gasteiger partial charge in [0.15, 0.2) is 17.2 Å². The number of thiophene rings is 2. The summed E-state index contributed by atoms with van der Waals surface area (Å²) >= 11 is 3.33. The molecule has 6 heteroatoms. The molecule has 3 N–H and O–H groups in total. The maximum Gasteiger partial charge on any atom is 0.200 e. The maximum atomic E-state index is 9.71. The van der Waals surface area contributed by atoms with Gasteiger partial charge in [-0.3, -0.25) is 0 Å². The summed E-state index contributed by atoms with van der Waals surface area (Å²) < 4.78 is 4.33. The number of phenolic OH excluding ortho intramolecular Hbond substituents is 3. The van der Waals surface area contributed by atoms with Crippen LogP contribution in [0.4, 0.5) is 0 Å². The monoisotopic (exact) mass is 303 g/mol. The Morgan fingerprint density at radius 1 is 0.800 bits per heavy atom. The molecule has 0 bridgehead atoms. The van der Waals surface area contributed by atoms with Crippen molar-refractivity contribution in [1.29, 1.82) is 0 Å². The largest absolute Gasteiger partial charge is 0.504 e. The Morgan fingerprint density at radius 2 is 1.30 bits per heavy atom. The lowest BCUT2D eigenvalue weighted by molar-refractivity contribution is 0.368. The van der Waals surface area contributed by atoms with Crippen molar-refractivity contribution < 1.29 is 15.3 Å². The van der Waals surface area contributed by atoms with Crippen LogP contribution in [0.5, 0.6) is 17.2 Å². The molecule has 0 radical (unpaired) electrons. The summed E-state index contributed by atoms with van der Waals surface area (Å²) in [5.41, 5.74) is 2.68. The van der Waals surface area contributed by atoms with Gasteiger partial charge < -0.3 is 19.9 Å². The highest BCUT2D eigenvalue weighted by molar-refractivity contribution is 7.25. The maximum absolute atomic E-state index is 9.71. The smallest absolute Gasteiger partial charge is 0.200 e. The van der Waals surface area contributed by atoms with Crippen LogP contribution in [0.1, 0.15) is 0 Å². The first-order chi connectivity index (χ1) is 9.66. The molecule has 0 aliphatic rings. The van der Waals surface area contributed by atoms with Crippen LogP contribution in [-0.4, -0.2) is 19.9 Å². The molecule has 0 atom stereocenters. The van der Waals surface area contributed by atoms with Crippen LogP contribution in [-0.2, 0) is 0 Å². The molecule has 4 rings (SSSR count). The number of nitrogens with zero attached hydrogens (tertiary/aromatic N) is 1. The first-order valence-corrected chi connectivity index (χ1v) is 7.63. The predicted octanol–water partition coefficient (Wildman–Crippen LogP) is 4.02. The summed E-state index contributed by atoms with van der Waals surface area (Å²) in [4.78, 5) is 0. The molecule has 20 heavy (non-hydrogen) atoms. The molecule has 0 saturated heterocycles. The number of hydrogen-bond acceptors (Lipinski definition) is 5. The fourth-order valence-corrected chi connectivity index (χ4v) is 4.36. The highest BCUT2D eigenvalue weighted by atomic mass is 32.1. The van der Waals surface area contributed by atoms with Crippen LogP contribution in [0, 0.1) is 0 Å². The van der Waals surface area contributed by atoms with Crippen LogP contribution >= 0.6 is 22.7 Å². The van der Waals surface area contributed by atoms with Gasteiger partial charge in [0.05, 0.1) is 26.1 Å². The van der Waals surface area contributed by atoms with Crippen LogP contribution in [0.15, 0.2) is 35.0 Å². The number of aromatic nitrogens is 1. The molecule has 0 spiro atoms. The zero-order valence-electron chi connectivity index (χ0n) is 10.1. The highest BCUT2D eigenvalue weighted by Crippen LogP contribution is 2.42. The summed E-state index contributed by atoms with van der Waals surface area (Å²) in [6.07, 6.45) is 0. The Morgan fingerprint density at radius 3 is 1.80 bits per heavy atom. The Hall–Kier alpha value is -2.18. The van der Waals surface area contributed by atoms with Gasteiger partial charge in [-0.1, -0.05) is 0 Å². The zero-order valence-corrected chi connectivity index (χ0v) is 11.7. The fourth-order valence-electron chi connectivity index (χ4n) is 2.42. The van der Waals surface area contributed by atoms with Crippen molar-refractivity contribution in [3.63, 3.8) is 0 Å². The highest BCUT2D eigenvalue weighted by Gasteiger charge is 2.16. The second-order valence-corrected chi connectivity index (χ2v) is 6.27. The van der Waals surface area contributed by atoms with Gasteiger partial charge in [-0.05, 0) is 22.9 Å². The topological polar surface area (TPSA) is 65.6 Å². The predicted molar refractivity (Wildman–Crippen MR) is 81.5 cm³/mol. The van der Waals surface area contributed by atoms with Crippen LogP contribution < -0.4 is 0 Å². The molecular formula is C14H9NO3S2. The van der Waals surface area contributed by atoms with Gasteiger partial charge in [-0.2, -0.15) is 0 Å². The lowest BCUT2D eigenvalue weighted by Crippen LogP contribution is -1.92. The number of benzene rings is 1. The van der Waals surface area contributed by atoms with Gasteiger partial charge in [-0.25, -0.2) is 0 Å². The molecular weight excluding hydrogens is 294 g/mol. The van der Waals surface area contributed by atoms with Gasteiger partial charge in [0.1, 0.15) is 0 Å². The molecule has 100 valence electrons. The van der Waals surface area contributed by atoms with Crippen molar-refractivity contribution in [1.82, 2.24) is 4.57 Å². The number of aromatic hydroxyl groups is 3. The van der Waals surface area contributed by atoms with E-state index in [2.05, 4.69) is 0 Å². The second-order valence-electron chi connectivity index (χ2n) is 4.44. The number of phenols is 3. The van der Waals surface area contributed by atoms with Crippen molar-refractivity contribution in [3.8, 4) is 22.9 Å². The van der Waals surface area contributed by atoms with E-state index in [4.69, 9.17) is 0 Å². The molecule has 4 aromatic rings. The van der Waals surface area contributed by atoms with Crippen molar-refractivity contribution in [2.24, 2.45) is 0 Å². The minimum atomic E-state index is -0.496. The van der Waals surface area contributed by atoms with Crippen molar-refractivity contribution in [3.05, 3.63) is 35.0 Å². The van der Waals surface area contributed by atoms with Crippen molar-refractivity contribution >= 4 is 43.1 Å². The molecule has 0 aliphatic carbocycles. The van der Waals surface area contributed by atoms with E-state index in [1.54, 1.807) is 22.7 Å². The van der Waals surface area contributed by atoms with Crippen LogP contribution in [0.3, 0.4) is 0 Å². The summed E-state index contributed by atoms with van der Waals surface area (Å²) in [6, 6.07) is 6.91. The molecule has 3 heterocycles. The van der Waals surface area contributed by atoms with Crippen molar-refractivity contribution in [2.45, 2.75) is 0 Å². The molecule has 4 nitrogen and oxygen atoms in total. The van der Waals surface area contributed by atoms with E-state index in [0.29, 0.717) is 5.69 Å². The summed E-state index contributed by atoms with van der Waals surface area (Å²) in [6.45, 7) is 0. The average molecular weight is 303 g/mol. The molecule has 0 unspecified atom stereocenters. The normalized spacial score (nSPS) is 11.6. The third-order valence-electron chi connectivity index (χ3n) is 3.29. The number of fused-ring (bicyclic) bond motifs is 3. The zero-order chi connectivity index (χ0) is 13.9. The average Bonchev–Trinajstić information content (AvgIpc) is 3.07. The molecule has 0 saturated carbocycles. The standard InChI is InChI=1S/C14H9NO3S2/c16-10-5-7(6-11(17)12(10)18)15-8-1-3-19-13(8)14-9(15)2-4-20-14/h1-6,16-18H. The number of hydrogen-bond donors (Lipinski definition) is 3. The van der Waals surface area contributed by atoms with Gasteiger partial charge >= 0.3 is 0 Å². The van der Waals surface area contributed by atoms with E-state index in [-0.39, 0.29) is 11.5 Å². The SMILES string of the molecule is Oc1cc(-n2c3ccsc3c3sccc32)cc(O)c1O. The van der Waals surface area contributed by atoms with E-state index in [1.807, 2.05) is 27.5 Å². The summed E-state index contributed by atoms with van der Waals surface area (Å²) in [5.74, 6) is -1.16. The third kappa shape index (κ3) is 1.40. The summed E-state index contributed by atoms with van der Waals surface area (Å²) in [5, 5.41) is 32.9. The molecule has 0 fully saturated rings. The second kappa shape index (κ2) is 3.91. The van der Waals surface area contributed by atoms with E-state index < -0.39 is 5.75 Å². The first kappa shape index (κ1) is 11.6. The van der Waals surface area contributed by atoms with Crippen LogP contribution in [0.25, 0.3) is 26.1 Å². The summed E-state index contributed by atoms with van der Waals surface area (Å²) in [7, 11) is 0. The molecule has 3 aromatic heterocycles. The van der Waals surface area contributed by atoms with E-state index in [0.717, 1.165) is 11.0 Å². The van der Waals surface area contributed by atoms with Gasteiger partial charge in [0.2, 0.25) is 0 Å². The van der Waals surface area contributed by atoms with Gasteiger partial charge in [0, 0.05) is 12.1 Å². The van der Waals surface area contributed by atoms with E-state index in [1.165, 1.54) is 21.5 Å². The minimum Gasteiger partial charge on any atom is -0.504 e. The lowest BCUT2D eigenvalue weighted by atomic mass is 10.2. The van der Waals surface area contributed by atoms with Gasteiger partial charge in [0.25, 0.3) is 0 Å². The Kier molecular flexibility index (Phi) is 2.27. The lowest BCUT2D eigenvalue weighted by Gasteiger charge is -2.09. The quantitative estimate of drug-likeness (QED) is 0.465. The Balaban J connectivity index is 2.14. The van der Waals surface area contributed by atoms with E-state index in [9.17, 15) is 15.3 Å². The first-order valence-electron chi connectivity index (χ1n) is 5.87. The third-order valence-corrected chi connectivity index (χ3v) is 5.26. The Labute approximate surface area is 121 Å². The van der Waals surface area contributed by atoms with Crippen LogP contribution in [0.2, 0.25) is 0 Å². The van der Waals surface area contributed by atoms with E-state index >= 15 is 0 Å². The van der Waals surface area contributed by atoms with Gasteiger partial charge in [-0.15, -0.1) is 22.7 Å². The molecule has 0 amide bonds. The fraction of sp³-hybridized carbons (Fsp3) is 0. The molecule has 0 aliphatic heterocycles. The minimum absolute atomic E-state index is 0.333. The Bertz CT molecular complexity index is 877. The van der Waals surface area contributed by atoms with Crippen molar-refractivity contribution in [2.75, 3.05) is 0 Å². The number of rotatable bonds is 1.